The molecular formula is C19H15NO3. The van der Waals surface area contributed by atoms with Gasteiger partial charge in [0.2, 0.25) is 0 Å². The van der Waals surface area contributed by atoms with Gasteiger partial charge in [0.15, 0.2) is 5.78 Å². The highest BCUT2D eigenvalue weighted by Crippen LogP contribution is 2.11. The van der Waals surface area contributed by atoms with Crippen LogP contribution in [0.3, 0.4) is 0 Å². The van der Waals surface area contributed by atoms with Gasteiger partial charge in [-0.1, -0.05) is 42.5 Å². The molecule has 1 N–H and O–H groups in total. The highest BCUT2D eigenvalue weighted by Gasteiger charge is 2.10. The molecule has 0 saturated carbocycles. The van der Waals surface area contributed by atoms with E-state index >= 15 is 0 Å². The van der Waals surface area contributed by atoms with E-state index in [0.717, 1.165) is 0 Å². The number of carbonyl (C=O) groups is 2. The van der Waals surface area contributed by atoms with Crippen molar-refractivity contribution in [1.29, 1.82) is 0 Å². The highest BCUT2D eigenvalue weighted by atomic mass is 16.3. The van der Waals surface area contributed by atoms with E-state index in [1.165, 1.54) is 0 Å². The van der Waals surface area contributed by atoms with Gasteiger partial charge in [-0.15, -0.1) is 0 Å². The minimum atomic E-state index is -0.208. The molecule has 0 atom stereocenters. The van der Waals surface area contributed by atoms with Crippen molar-refractivity contribution in [2.24, 2.45) is 0 Å². The molecule has 1 aromatic heterocycles. The zero-order valence-corrected chi connectivity index (χ0v) is 12.4. The molecule has 4 nitrogen and oxygen atoms in total. The van der Waals surface area contributed by atoms with Crippen molar-refractivity contribution in [3.05, 3.63) is 95.4 Å². The van der Waals surface area contributed by atoms with Gasteiger partial charge >= 0.3 is 0 Å². The van der Waals surface area contributed by atoms with Crippen LogP contribution in [0.15, 0.2) is 77.4 Å². The summed E-state index contributed by atoms with van der Waals surface area (Å²) in [5.41, 5.74) is 1.68. The first-order valence-corrected chi connectivity index (χ1v) is 7.24. The first-order chi connectivity index (χ1) is 11.2. The predicted molar refractivity (Wildman–Crippen MR) is 86.2 cm³/mol. The summed E-state index contributed by atoms with van der Waals surface area (Å²) >= 11 is 0. The fourth-order valence-electron chi connectivity index (χ4n) is 2.21. The van der Waals surface area contributed by atoms with E-state index in [0.29, 0.717) is 29.0 Å². The van der Waals surface area contributed by atoms with Gasteiger partial charge in [-0.05, 0) is 24.3 Å². The van der Waals surface area contributed by atoms with Gasteiger partial charge in [-0.3, -0.25) is 9.59 Å². The van der Waals surface area contributed by atoms with Gasteiger partial charge in [-0.2, -0.15) is 0 Å². The standard InChI is InChI=1S/C19H15NO3/c21-18(14-5-2-1-3-6-14)15-8-10-16(11-9-15)19(22)20-13-17-7-4-12-23-17/h1-12H,13H2,(H,20,22). The summed E-state index contributed by atoms with van der Waals surface area (Å²) in [6.07, 6.45) is 1.56. The van der Waals surface area contributed by atoms with Gasteiger partial charge in [0.25, 0.3) is 5.91 Å². The van der Waals surface area contributed by atoms with Crippen molar-refractivity contribution in [2.75, 3.05) is 0 Å². The third-order valence-corrected chi connectivity index (χ3v) is 3.45. The Kier molecular flexibility index (Phi) is 4.34. The van der Waals surface area contributed by atoms with Crippen molar-refractivity contribution >= 4 is 11.7 Å². The van der Waals surface area contributed by atoms with E-state index in [-0.39, 0.29) is 11.7 Å². The Hall–Kier alpha value is -3.14. The molecule has 0 aliphatic carbocycles. The lowest BCUT2D eigenvalue weighted by atomic mass is 10.0. The summed E-state index contributed by atoms with van der Waals surface area (Å²) in [6, 6.07) is 19.2. The van der Waals surface area contributed by atoms with E-state index in [2.05, 4.69) is 5.32 Å². The number of benzene rings is 2. The van der Waals surface area contributed by atoms with Crippen LogP contribution >= 0.6 is 0 Å². The van der Waals surface area contributed by atoms with E-state index in [1.54, 1.807) is 54.8 Å². The molecule has 3 aromatic rings. The second kappa shape index (κ2) is 6.75. The zero-order chi connectivity index (χ0) is 16.1. The largest absolute Gasteiger partial charge is 0.467 e. The van der Waals surface area contributed by atoms with Crippen LogP contribution < -0.4 is 5.32 Å². The van der Waals surface area contributed by atoms with Crippen LogP contribution in [0.25, 0.3) is 0 Å². The summed E-state index contributed by atoms with van der Waals surface area (Å²) in [4.78, 5) is 24.3. The third kappa shape index (κ3) is 3.55. The fourth-order valence-corrected chi connectivity index (χ4v) is 2.21. The molecular weight excluding hydrogens is 290 g/mol. The first-order valence-electron chi connectivity index (χ1n) is 7.24. The van der Waals surface area contributed by atoms with Crippen LogP contribution in [0.5, 0.6) is 0 Å². The summed E-state index contributed by atoms with van der Waals surface area (Å²) in [7, 11) is 0. The van der Waals surface area contributed by atoms with Crippen LogP contribution in [-0.2, 0) is 6.54 Å². The Morgan fingerprint density at radius 1 is 0.783 bits per heavy atom. The molecule has 0 aliphatic rings. The maximum absolute atomic E-state index is 12.3. The van der Waals surface area contributed by atoms with Crippen molar-refractivity contribution in [2.45, 2.75) is 6.54 Å². The number of furan rings is 1. The number of hydrogen-bond acceptors (Lipinski definition) is 3. The molecule has 3 rings (SSSR count). The van der Waals surface area contributed by atoms with Crippen molar-refractivity contribution < 1.29 is 14.0 Å². The van der Waals surface area contributed by atoms with Gasteiger partial charge < -0.3 is 9.73 Å². The van der Waals surface area contributed by atoms with Crippen LogP contribution in [0.1, 0.15) is 32.0 Å². The van der Waals surface area contributed by atoms with Crippen molar-refractivity contribution in [3.8, 4) is 0 Å². The number of hydrogen-bond donors (Lipinski definition) is 1. The minimum absolute atomic E-state index is 0.0619. The second-order valence-electron chi connectivity index (χ2n) is 5.03. The van der Waals surface area contributed by atoms with Gasteiger partial charge in [0.1, 0.15) is 5.76 Å². The van der Waals surface area contributed by atoms with E-state index in [9.17, 15) is 9.59 Å². The van der Waals surface area contributed by atoms with Crippen molar-refractivity contribution in [3.63, 3.8) is 0 Å². The minimum Gasteiger partial charge on any atom is -0.467 e. The molecule has 4 heteroatoms. The number of ketones is 1. The SMILES string of the molecule is O=C(NCc1ccco1)c1ccc(C(=O)c2ccccc2)cc1. The Balaban J connectivity index is 1.67. The normalized spacial score (nSPS) is 10.3. The molecule has 0 unspecified atom stereocenters. The molecule has 114 valence electrons. The van der Waals surface area contributed by atoms with Crippen LogP contribution in [0, 0.1) is 0 Å². The average molecular weight is 305 g/mol. The quantitative estimate of drug-likeness (QED) is 0.735. The van der Waals surface area contributed by atoms with Gasteiger partial charge in [0, 0.05) is 16.7 Å². The lowest BCUT2D eigenvalue weighted by Crippen LogP contribution is -2.22. The number of rotatable bonds is 5. The van der Waals surface area contributed by atoms with E-state index < -0.39 is 0 Å². The number of amides is 1. The van der Waals surface area contributed by atoms with Crippen LogP contribution in [0.4, 0.5) is 0 Å². The summed E-state index contributed by atoms with van der Waals surface area (Å²) in [5, 5.41) is 2.76. The zero-order valence-electron chi connectivity index (χ0n) is 12.4. The van der Waals surface area contributed by atoms with Crippen LogP contribution in [0.2, 0.25) is 0 Å². The van der Waals surface area contributed by atoms with E-state index in [1.807, 2.05) is 18.2 Å². The average Bonchev–Trinajstić information content (AvgIpc) is 3.13. The Labute approximate surface area is 133 Å². The molecule has 23 heavy (non-hydrogen) atoms. The summed E-state index contributed by atoms with van der Waals surface area (Å²) in [5.74, 6) is 0.419. The lowest BCUT2D eigenvalue weighted by molar-refractivity contribution is 0.0946. The molecule has 0 aliphatic heterocycles. The first kappa shape index (κ1) is 14.8. The van der Waals surface area contributed by atoms with E-state index in [4.69, 9.17) is 4.42 Å². The predicted octanol–water partition coefficient (Wildman–Crippen LogP) is 3.44. The smallest absolute Gasteiger partial charge is 0.251 e. The molecule has 1 heterocycles. The van der Waals surface area contributed by atoms with Crippen molar-refractivity contribution in [1.82, 2.24) is 5.32 Å². The highest BCUT2D eigenvalue weighted by molar-refractivity contribution is 6.09. The monoisotopic (exact) mass is 305 g/mol. The summed E-state index contributed by atoms with van der Waals surface area (Å²) in [6.45, 7) is 0.330. The Bertz CT molecular complexity index is 790. The second-order valence-corrected chi connectivity index (χ2v) is 5.03. The molecule has 0 bridgehead atoms. The summed E-state index contributed by atoms with van der Waals surface area (Å²) < 4.78 is 5.16. The Morgan fingerprint density at radius 3 is 2.09 bits per heavy atom. The third-order valence-electron chi connectivity index (χ3n) is 3.45. The van der Waals surface area contributed by atoms with Gasteiger partial charge in [0.05, 0.1) is 12.8 Å². The molecule has 0 spiro atoms. The maximum atomic E-state index is 12.3. The molecule has 0 saturated heterocycles. The lowest BCUT2D eigenvalue weighted by Gasteiger charge is -2.05. The number of nitrogens with one attached hydrogen (secondary N) is 1. The van der Waals surface area contributed by atoms with Crippen LogP contribution in [-0.4, -0.2) is 11.7 Å². The molecule has 1 amide bonds. The maximum Gasteiger partial charge on any atom is 0.251 e. The molecule has 2 aromatic carbocycles. The fraction of sp³-hybridized carbons (Fsp3) is 0.0526. The number of carbonyl (C=O) groups excluding carboxylic acids is 2. The van der Waals surface area contributed by atoms with Gasteiger partial charge in [-0.25, -0.2) is 0 Å². The molecule has 0 fully saturated rings. The topological polar surface area (TPSA) is 59.3 Å². The molecule has 0 radical (unpaired) electrons. The Morgan fingerprint density at radius 2 is 1.43 bits per heavy atom.